The Kier molecular flexibility index (Phi) is 7.76. The number of pyridine rings is 1. The Balaban J connectivity index is 1.29. The first kappa shape index (κ1) is 27.3. The molecule has 3 aromatic rings. The normalized spacial score (nSPS) is 17.7. The average molecular weight is 536 g/mol. The summed E-state index contributed by atoms with van der Waals surface area (Å²) in [7, 11) is 0. The van der Waals surface area contributed by atoms with Crippen LogP contribution in [0.25, 0.3) is 11.3 Å². The molecule has 6 nitrogen and oxygen atoms in total. The molecule has 0 unspecified atom stereocenters. The zero-order chi connectivity index (χ0) is 27.6. The lowest BCUT2D eigenvalue weighted by atomic mass is 9.69. The Morgan fingerprint density at radius 3 is 2.54 bits per heavy atom. The van der Waals surface area contributed by atoms with Gasteiger partial charge in [-0.05, 0) is 43.0 Å². The van der Waals surface area contributed by atoms with Gasteiger partial charge in [0.15, 0.2) is 11.5 Å². The topological polar surface area (TPSA) is 76.3 Å². The van der Waals surface area contributed by atoms with E-state index in [9.17, 15) is 18.4 Å². The third kappa shape index (κ3) is 6.32. The van der Waals surface area contributed by atoms with Gasteiger partial charge in [0.25, 0.3) is 0 Å². The van der Waals surface area contributed by atoms with Crippen LogP contribution in [-0.2, 0) is 10.2 Å². The Morgan fingerprint density at radius 1 is 1.08 bits per heavy atom. The van der Waals surface area contributed by atoms with Crippen LogP contribution in [0.3, 0.4) is 0 Å². The molecular formula is C31H35F2N3O3. The first-order valence-electron chi connectivity index (χ1n) is 13.7. The molecule has 0 atom stereocenters. The fourth-order valence-electron chi connectivity index (χ4n) is 6.36. The summed E-state index contributed by atoms with van der Waals surface area (Å²) in [4.78, 5) is 33.6. The molecule has 3 heterocycles. The average Bonchev–Trinajstić information content (AvgIpc) is 3.56. The molecule has 2 aliphatic rings. The van der Waals surface area contributed by atoms with Gasteiger partial charge in [0.05, 0.1) is 5.56 Å². The first-order chi connectivity index (χ1) is 18.6. The van der Waals surface area contributed by atoms with Crippen molar-refractivity contribution in [1.29, 1.82) is 0 Å². The van der Waals surface area contributed by atoms with E-state index < -0.39 is 22.5 Å². The third-order valence-electron chi connectivity index (χ3n) is 8.21. The number of ketones is 2. The smallest absolute Gasteiger partial charge is 0.185 e. The highest BCUT2D eigenvalue weighted by Gasteiger charge is 2.47. The molecule has 5 rings (SSSR count). The van der Waals surface area contributed by atoms with Crippen molar-refractivity contribution in [1.82, 2.24) is 15.0 Å². The van der Waals surface area contributed by atoms with Gasteiger partial charge >= 0.3 is 0 Å². The molecule has 1 aliphatic carbocycles. The van der Waals surface area contributed by atoms with E-state index in [2.05, 4.69) is 15.0 Å². The van der Waals surface area contributed by atoms with Gasteiger partial charge in [-0.1, -0.05) is 37.9 Å². The van der Waals surface area contributed by atoms with Gasteiger partial charge in [-0.2, -0.15) is 0 Å². The van der Waals surface area contributed by atoms with E-state index in [0.717, 1.165) is 24.4 Å². The molecule has 8 heteroatoms. The molecular weight excluding hydrogens is 500 g/mol. The second-order valence-electron chi connectivity index (χ2n) is 12.1. The molecule has 1 aliphatic heterocycles. The summed E-state index contributed by atoms with van der Waals surface area (Å²) in [5, 5.41) is 3.89. The van der Waals surface area contributed by atoms with Crippen molar-refractivity contribution >= 4 is 11.6 Å². The number of carbonyl (C=O) groups excluding carboxylic acids is 2. The van der Waals surface area contributed by atoms with Crippen LogP contribution in [0, 0.1) is 23.0 Å². The molecule has 0 bridgehead atoms. The minimum absolute atomic E-state index is 0.0379. The highest BCUT2D eigenvalue weighted by atomic mass is 19.1. The summed E-state index contributed by atoms with van der Waals surface area (Å²) in [6, 6.07) is 10.3. The van der Waals surface area contributed by atoms with E-state index in [1.54, 1.807) is 6.20 Å². The minimum atomic E-state index is -0.788. The first-order valence-corrected chi connectivity index (χ1v) is 13.7. The number of aromatic nitrogens is 2. The van der Waals surface area contributed by atoms with E-state index in [-0.39, 0.29) is 35.0 Å². The summed E-state index contributed by atoms with van der Waals surface area (Å²) < 4.78 is 32.8. The van der Waals surface area contributed by atoms with Crippen molar-refractivity contribution in [2.45, 2.75) is 64.2 Å². The monoisotopic (exact) mass is 535 g/mol. The number of hydrogen-bond donors (Lipinski definition) is 0. The lowest BCUT2D eigenvalue weighted by Crippen LogP contribution is -2.58. The van der Waals surface area contributed by atoms with Crippen molar-refractivity contribution < 1.29 is 22.9 Å². The Hall–Kier alpha value is -3.26. The summed E-state index contributed by atoms with van der Waals surface area (Å²) in [5.41, 5.74) is 0.0901. The Morgan fingerprint density at radius 2 is 1.85 bits per heavy atom. The number of carbonyl (C=O) groups is 2. The van der Waals surface area contributed by atoms with Crippen LogP contribution >= 0.6 is 0 Å². The number of nitrogens with zero attached hydrogens (tertiary/aromatic N) is 3. The van der Waals surface area contributed by atoms with Crippen molar-refractivity contribution in [3.8, 4) is 11.3 Å². The van der Waals surface area contributed by atoms with Crippen molar-refractivity contribution in [3.63, 3.8) is 0 Å². The molecule has 0 amide bonds. The molecule has 1 saturated carbocycles. The van der Waals surface area contributed by atoms with Crippen molar-refractivity contribution in [3.05, 3.63) is 71.7 Å². The third-order valence-corrected chi connectivity index (χ3v) is 8.21. The van der Waals surface area contributed by atoms with Gasteiger partial charge in [0, 0.05) is 73.8 Å². The van der Waals surface area contributed by atoms with Gasteiger partial charge in [-0.3, -0.25) is 14.6 Å². The molecule has 0 spiro atoms. The zero-order valence-corrected chi connectivity index (χ0v) is 22.6. The molecule has 0 N–H and O–H groups in total. The van der Waals surface area contributed by atoms with Crippen LogP contribution in [0.2, 0.25) is 0 Å². The van der Waals surface area contributed by atoms with Gasteiger partial charge in [-0.15, -0.1) is 0 Å². The molecule has 39 heavy (non-hydrogen) atoms. The van der Waals surface area contributed by atoms with E-state index in [1.165, 1.54) is 37.8 Å². The standard InChI is InChI=1S/C31H35F2N3O3/c1-30(2,29-9-5-6-12-34-29)15-23(37)16-31(19-36(20-31)18-21-7-3-4-8-21)17-27(38)26-14-28(39-35-26)24-11-10-22(32)13-25(24)33/h5-6,9-14,21H,3-4,7-8,15-20H2,1-2H3. The van der Waals surface area contributed by atoms with E-state index in [4.69, 9.17) is 4.52 Å². The number of benzene rings is 1. The maximum atomic E-state index is 14.2. The largest absolute Gasteiger partial charge is 0.355 e. The van der Waals surface area contributed by atoms with Crippen LogP contribution in [0.15, 0.2) is 53.2 Å². The highest BCUT2D eigenvalue weighted by Crippen LogP contribution is 2.42. The van der Waals surface area contributed by atoms with E-state index in [0.29, 0.717) is 31.8 Å². The summed E-state index contributed by atoms with van der Waals surface area (Å²) in [6.45, 7) is 6.40. The second kappa shape index (κ2) is 11.1. The van der Waals surface area contributed by atoms with Gasteiger partial charge in [-0.25, -0.2) is 8.78 Å². The quantitative estimate of drug-likeness (QED) is 0.264. The van der Waals surface area contributed by atoms with Gasteiger partial charge in [0.1, 0.15) is 23.1 Å². The van der Waals surface area contributed by atoms with Crippen LogP contribution in [0.5, 0.6) is 0 Å². The molecule has 2 fully saturated rings. The highest BCUT2D eigenvalue weighted by molar-refractivity contribution is 5.96. The summed E-state index contributed by atoms with van der Waals surface area (Å²) in [6.07, 6.45) is 7.54. The van der Waals surface area contributed by atoms with Gasteiger partial charge in [0.2, 0.25) is 0 Å². The predicted octanol–water partition coefficient (Wildman–Crippen LogP) is 6.41. The number of likely N-dealkylation sites (tertiary alicyclic amines) is 1. The van der Waals surface area contributed by atoms with Crippen molar-refractivity contribution in [2.75, 3.05) is 19.6 Å². The van der Waals surface area contributed by atoms with Crippen molar-refractivity contribution in [2.24, 2.45) is 11.3 Å². The van der Waals surface area contributed by atoms with Crippen LogP contribution < -0.4 is 0 Å². The number of Topliss-reactive ketones (excluding diaryl/α,β-unsaturated/α-hetero) is 2. The fraction of sp³-hybridized carbons (Fsp3) is 0.484. The molecule has 2 aromatic heterocycles. The van der Waals surface area contributed by atoms with Crippen LogP contribution in [0.1, 0.15) is 75.0 Å². The van der Waals surface area contributed by atoms with Gasteiger partial charge < -0.3 is 9.42 Å². The van der Waals surface area contributed by atoms with Crippen LogP contribution in [0.4, 0.5) is 8.78 Å². The minimum Gasteiger partial charge on any atom is -0.355 e. The Bertz CT molecular complexity index is 1330. The second-order valence-corrected chi connectivity index (χ2v) is 12.1. The number of halogens is 2. The lowest BCUT2D eigenvalue weighted by molar-refractivity contribution is -0.126. The summed E-state index contributed by atoms with van der Waals surface area (Å²) >= 11 is 0. The number of hydrogen-bond acceptors (Lipinski definition) is 6. The molecule has 0 radical (unpaired) electrons. The lowest BCUT2D eigenvalue weighted by Gasteiger charge is -2.51. The summed E-state index contributed by atoms with van der Waals surface area (Å²) in [5.74, 6) is -0.880. The van der Waals surface area contributed by atoms with Crippen LogP contribution in [-0.4, -0.2) is 46.2 Å². The van der Waals surface area contributed by atoms with E-state index in [1.807, 2.05) is 32.0 Å². The predicted molar refractivity (Wildman–Crippen MR) is 143 cm³/mol. The van der Waals surface area contributed by atoms with E-state index >= 15 is 0 Å². The molecule has 1 aromatic carbocycles. The molecule has 206 valence electrons. The molecule has 1 saturated heterocycles. The maximum Gasteiger partial charge on any atom is 0.185 e. The number of rotatable bonds is 11. The zero-order valence-electron chi connectivity index (χ0n) is 22.6. The fourth-order valence-corrected chi connectivity index (χ4v) is 6.36. The Labute approximate surface area is 227 Å². The SMILES string of the molecule is CC(C)(CC(=O)CC1(CC(=O)c2cc(-c3ccc(F)cc3F)on2)CN(CC2CCCC2)C1)c1ccccn1. The maximum absolute atomic E-state index is 14.2.